The molecular formula is C16H15F3N2O3S. The van der Waals surface area contributed by atoms with Crippen molar-refractivity contribution in [2.24, 2.45) is 0 Å². The number of para-hydroxylation sites is 1. The molecule has 0 saturated heterocycles. The van der Waals surface area contributed by atoms with Gasteiger partial charge in [0.1, 0.15) is 10.6 Å². The number of nitrogens with one attached hydrogen (secondary N) is 2. The van der Waals surface area contributed by atoms with Crippen molar-refractivity contribution in [2.75, 3.05) is 0 Å². The molecule has 0 spiro atoms. The van der Waals surface area contributed by atoms with Gasteiger partial charge in [-0.15, -0.1) is 13.2 Å². The Morgan fingerprint density at radius 1 is 1.08 bits per heavy atom. The molecule has 0 aromatic heterocycles. The SMILES string of the molecule is O=S(=O)(NCc1ccc2c(c1)CNC2)c1ccccc1OC(F)(F)F. The Labute approximate surface area is 142 Å². The summed E-state index contributed by atoms with van der Waals surface area (Å²) in [7, 11) is -4.17. The molecule has 0 amide bonds. The van der Waals surface area contributed by atoms with Crippen molar-refractivity contribution in [3.8, 4) is 5.75 Å². The molecular weight excluding hydrogens is 357 g/mol. The van der Waals surface area contributed by atoms with Gasteiger partial charge in [0.05, 0.1) is 0 Å². The fraction of sp³-hybridized carbons (Fsp3) is 0.250. The summed E-state index contributed by atoms with van der Waals surface area (Å²) in [5.41, 5.74) is 2.95. The highest BCUT2D eigenvalue weighted by atomic mass is 32.2. The number of benzene rings is 2. The molecule has 0 fully saturated rings. The van der Waals surface area contributed by atoms with Gasteiger partial charge < -0.3 is 10.1 Å². The van der Waals surface area contributed by atoms with Crippen LogP contribution in [0.3, 0.4) is 0 Å². The second-order valence-corrected chi connectivity index (χ2v) is 7.26. The molecule has 2 N–H and O–H groups in total. The summed E-state index contributed by atoms with van der Waals surface area (Å²) in [5, 5.41) is 3.18. The molecule has 0 atom stereocenters. The van der Waals surface area contributed by atoms with E-state index in [1.165, 1.54) is 12.1 Å². The summed E-state index contributed by atoms with van der Waals surface area (Å²) in [6.45, 7) is 1.44. The Hall–Kier alpha value is -2.10. The molecule has 0 bridgehead atoms. The first-order chi connectivity index (χ1) is 11.7. The number of sulfonamides is 1. The van der Waals surface area contributed by atoms with Crippen LogP contribution < -0.4 is 14.8 Å². The third-order valence-electron chi connectivity index (χ3n) is 3.73. The van der Waals surface area contributed by atoms with E-state index in [0.717, 1.165) is 35.4 Å². The van der Waals surface area contributed by atoms with Crippen LogP contribution in [-0.2, 0) is 29.7 Å². The van der Waals surface area contributed by atoms with E-state index >= 15 is 0 Å². The molecule has 1 aliphatic heterocycles. The van der Waals surface area contributed by atoms with Gasteiger partial charge in [0.25, 0.3) is 0 Å². The Bertz CT molecular complexity index is 882. The average molecular weight is 372 g/mol. The van der Waals surface area contributed by atoms with Gasteiger partial charge in [-0.05, 0) is 28.8 Å². The molecule has 3 rings (SSSR count). The van der Waals surface area contributed by atoms with Gasteiger partial charge in [0.2, 0.25) is 10.0 Å². The minimum Gasteiger partial charge on any atom is -0.404 e. The van der Waals surface area contributed by atoms with Gasteiger partial charge in [-0.2, -0.15) is 0 Å². The number of alkyl halides is 3. The molecule has 2 aromatic rings. The van der Waals surface area contributed by atoms with E-state index < -0.39 is 27.0 Å². The predicted octanol–water partition coefficient (Wildman–Crippen LogP) is 2.67. The highest BCUT2D eigenvalue weighted by Gasteiger charge is 2.33. The minimum atomic E-state index is -4.97. The summed E-state index contributed by atoms with van der Waals surface area (Å²) < 4.78 is 68.2. The first kappa shape index (κ1) is 17.7. The lowest BCUT2D eigenvalue weighted by molar-refractivity contribution is -0.275. The maximum Gasteiger partial charge on any atom is 0.573 e. The lowest BCUT2D eigenvalue weighted by Gasteiger charge is -2.14. The lowest BCUT2D eigenvalue weighted by atomic mass is 10.1. The van der Waals surface area contributed by atoms with Crippen LogP contribution in [-0.4, -0.2) is 14.8 Å². The van der Waals surface area contributed by atoms with E-state index in [0.29, 0.717) is 6.54 Å². The molecule has 0 aliphatic carbocycles. The lowest BCUT2D eigenvalue weighted by Crippen LogP contribution is -2.25. The fourth-order valence-corrected chi connectivity index (χ4v) is 3.74. The van der Waals surface area contributed by atoms with Crippen molar-refractivity contribution >= 4 is 10.0 Å². The zero-order chi connectivity index (χ0) is 18.1. The van der Waals surface area contributed by atoms with E-state index in [1.54, 1.807) is 6.07 Å². The number of rotatable bonds is 5. The molecule has 25 heavy (non-hydrogen) atoms. The molecule has 5 nitrogen and oxygen atoms in total. The minimum absolute atomic E-state index is 0.0318. The zero-order valence-corrected chi connectivity index (χ0v) is 13.7. The van der Waals surface area contributed by atoms with Gasteiger partial charge >= 0.3 is 6.36 Å². The topological polar surface area (TPSA) is 67.4 Å². The Kier molecular flexibility index (Phi) is 4.72. The van der Waals surface area contributed by atoms with Crippen LogP contribution >= 0.6 is 0 Å². The molecule has 1 aliphatic rings. The van der Waals surface area contributed by atoms with Gasteiger partial charge in [-0.1, -0.05) is 30.3 Å². The quantitative estimate of drug-likeness (QED) is 0.847. The Morgan fingerprint density at radius 3 is 2.56 bits per heavy atom. The van der Waals surface area contributed by atoms with Gasteiger partial charge in [0, 0.05) is 19.6 Å². The van der Waals surface area contributed by atoms with Crippen LogP contribution in [0.1, 0.15) is 16.7 Å². The van der Waals surface area contributed by atoms with Gasteiger partial charge in [0.15, 0.2) is 0 Å². The van der Waals surface area contributed by atoms with E-state index in [1.807, 2.05) is 12.1 Å². The summed E-state index contributed by atoms with van der Waals surface area (Å²) in [6, 6.07) is 10.2. The third-order valence-corrected chi connectivity index (χ3v) is 5.17. The van der Waals surface area contributed by atoms with Crippen molar-refractivity contribution < 1.29 is 26.3 Å². The molecule has 1 heterocycles. The summed E-state index contributed by atoms with van der Waals surface area (Å²) in [4.78, 5) is -0.560. The second kappa shape index (κ2) is 6.66. The number of hydrogen-bond acceptors (Lipinski definition) is 4. The van der Waals surface area contributed by atoms with E-state index in [2.05, 4.69) is 14.8 Å². The van der Waals surface area contributed by atoms with Crippen LogP contribution in [0.5, 0.6) is 5.75 Å². The van der Waals surface area contributed by atoms with Crippen LogP contribution in [0.4, 0.5) is 13.2 Å². The molecule has 2 aromatic carbocycles. The number of fused-ring (bicyclic) bond motifs is 1. The summed E-state index contributed by atoms with van der Waals surface area (Å²) in [5.74, 6) is -0.763. The normalized spacial score (nSPS) is 14.4. The Morgan fingerprint density at radius 2 is 1.80 bits per heavy atom. The third kappa shape index (κ3) is 4.30. The van der Waals surface area contributed by atoms with Crippen LogP contribution in [0, 0.1) is 0 Å². The van der Waals surface area contributed by atoms with Crippen molar-refractivity contribution in [2.45, 2.75) is 30.9 Å². The van der Waals surface area contributed by atoms with E-state index in [-0.39, 0.29) is 6.54 Å². The smallest absolute Gasteiger partial charge is 0.404 e. The monoisotopic (exact) mass is 372 g/mol. The van der Waals surface area contributed by atoms with Crippen molar-refractivity contribution in [3.05, 3.63) is 59.2 Å². The first-order valence-corrected chi connectivity index (χ1v) is 8.89. The maximum atomic E-state index is 12.4. The number of hydrogen-bond donors (Lipinski definition) is 2. The molecule has 0 saturated carbocycles. The first-order valence-electron chi connectivity index (χ1n) is 7.40. The van der Waals surface area contributed by atoms with Gasteiger partial charge in [-0.3, -0.25) is 0 Å². The standard InChI is InChI=1S/C16H15F3N2O3S/c17-16(18,19)24-14-3-1-2-4-15(14)25(22,23)21-8-11-5-6-12-9-20-10-13(12)7-11/h1-7,20-21H,8-10H2. The largest absolute Gasteiger partial charge is 0.573 e. The summed E-state index contributed by atoms with van der Waals surface area (Å²) in [6.07, 6.45) is -4.97. The predicted molar refractivity (Wildman–Crippen MR) is 84.1 cm³/mol. The average Bonchev–Trinajstić information content (AvgIpc) is 2.99. The second-order valence-electron chi connectivity index (χ2n) is 5.53. The van der Waals surface area contributed by atoms with E-state index in [9.17, 15) is 21.6 Å². The van der Waals surface area contributed by atoms with Crippen molar-refractivity contribution in [1.29, 1.82) is 0 Å². The fourth-order valence-electron chi connectivity index (χ4n) is 2.60. The molecule has 134 valence electrons. The number of ether oxygens (including phenoxy) is 1. The Balaban J connectivity index is 1.78. The highest BCUT2D eigenvalue weighted by Crippen LogP contribution is 2.29. The molecule has 0 radical (unpaired) electrons. The number of halogens is 3. The van der Waals surface area contributed by atoms with Crippen molar-refractivity contribution in [3.63, 3.8) is 0 Å². The zero-order valence-electron chi connectivity index (χ0n) is 12.9. The molecule has 0 unspecified atom stereocenters. The van der Waals surface area contributed by atoms with Crippen LogP contribution in [0.15, 0.2) is 47.4 Å². The molecule has 9 heteroatoms. The van der Waals surface area contributed by atoms with Crippen molar-refractivity contribution in [1.82, 2.24) is 10.0 Å². The summed E-state index contributed by atoms with van der Waals surface area (Å²) >= 11 is 0. The van der Waals surface area contributed by atoms with Crippen LogP contribution in [0.2, 0.25) is 0 Å². The highest BCUT2D eigenvalue weighted by molar-refractivity contribution is 7.89. The maximum absolute atomic E-state index is 12.4. The van der Waals surface area contributed by atoms with E-state index in [4.69, 9.17) is 0 Å². The van der Waals surface area contributed by atoms with Crippen LogP contribution in [0.25, 0.3) is 0 Å². The van der Waals surface area contributed by atoms with Gasteiger partial charge in [-0.25, -0.2) is 13.1 Å².